The first kappa shape index (κ1) is 2.76. The van der Waals surface area contributed by atoms with Gasteiger partial charge in [0, 0.05) is 5.70 Å². The van der Waals surface area contributed by atoms with Crippen molar-refractivity contribution in [3.8, 4) is 0 Å². The first-order valence-electron chi connectivity index (χ1n) is 1.82. The predicted octanol–water partition coefficient (Wildman–Crippen LogP) is 0.493. The first-order chi connectivity index (χ1) is 2.43. The summed E-state index contributed by atoms with van der Waals surface area (Å²) in [5, 5.41) is 3.05. The Labute approximate surface area is 31.7 Å². The van der Waals surface area contributed by atoms with Crippen LogP contribution in [-0.4, -0.2) is 6.54 Å². The fourth-order valence-electron chi connectivity index (χ4n) is 0.255. The molecule has 0 bridgehead atoms. The van der Waals surface area contributed by atoms with Gasteiger partial charge in [0.05, 0.1) is 6.54 Å². The van der Waals surface area contributed by atoms with E-state index in [1.54, 1.807) is 0 Å². The summed E-state index contributed by atoms with van der Waals surface area (Å²) in [6.07, 6.45) is 2.08. The van der Waals surface area contributed by atoms with Gasteiger partial charge in [-0.2, -0.15) is 0 Å². The van der Waals surface area contributed by atoms with Crippen LogP contribution < -0.4 is 5.32 Å². The fraction of sp³-hybridized carbons (Fsp3) is 0.500. The van der Waals surface area contributed by atoms with Crippen molar-refractivity contribution in [2.75, 3.05) is 6.54 Å². The Morgan fingerprint density at radius 1 is 2.00 bits per heavy atom. The van der Waals surface area contributed by atoms with Crippen LogP contribution in [0.2, 0.25) is 0 Å². The molecule has 0 saturated carbocycles. The maximum atomic E-state index is 3.05. The molecule has 5 heavy (non-hydrogen) atoms. The number of rotatable bonds is 0. The molecular formula is C4H7N. The van der Waals surface area contributed by atoms with E-state index in [1.807, 2.05) is 6.92 Å². The van der Waals surface area contributed by atoms with Gasteiger partial charge < -0.3 is 5.32 Å². The SMILES string of the molecule is C/C=C1/CN1. The normalized spacial score (nSPS) is 26.2. The van der Waals surface area contributed by atoms with Crippen molar-refractivity contribution in [3.05, 3.63) is 11.8 Å². The second kappa shape index (κ2) is 0.744. The molecule has 0 aromatic rings. The zero-order chi connectivity index (χ0) is 3.70. The second-order valence-electron chi connectivity index (χ2n) is 1.17. The Hall–Kier alpha value is -0.460. The van der Waals surface area contributed by atoms with E-state index in [4.69, 9.17) is 0 Å². The lowest BCUT2D eigenvalue weighted by molar-refractivity contribution is 1.37. The summed E-state index contributed by atoms with van der Waals surface area (Å²) in [5.74, 6) is 0. The topological polar surface area (TPSA) is 21.9 Å². The van der Waals surface area contributed by atoms with E-state index in [9.17, 15) is 0 Å². The molecule has 0 atom stereocenters. The largest absolute Gasteiger partial charge is 0.382 e. The van der Waals surface area contributed by atoms with Crippen LogP contribution in [0.1, 0.15) is 6.92 Å². The quantitative estimate of drug-likeness (QED) is 0.411. The first-order valence-corrected chi connectivity index (χ1v) is 1.82. The zero-order valence-electron chi connectivity index (χ0n) is 3.28. The highest BCUT2D eigenvalue weighted by Crippen LogP contribution is 1.97. The summed E-state index contributed by atoms with van der Waals surface area (Å²) in [5.41, 5.74) is 1.38. The van der Waals surface area contributed by atoms with Crippen LogP contribution in [0.25, 0.3) is 0 Å². The summed E-state index contributed by atoms with van der Waals surface area (Å²) in [4.78, 5) is 0. The second-order valence-corrected chi connectivity index (χ2v) is 1.17. The minimum absolute atomic E-state index is 1.12. The molecule has 0 aromatic heterocycles. The highest BCUT2D eigenvalue weighted by atomic mass is 15.0. The van der Waals surface area contributed by atoms with Crippen LogP contribution in [0.3, 0.4) is 0 Å². The standard InChI is InChI=1S/C4H7N/c1-2-4-3-5-4/h2,5H,3H2,1H3/b4-2-. The monoisotopic (exact) mass is 69.1 g/mol. The van der Waals surface area contributed by atoms with E-state index in [-0.39, 0.29) is 0 Å². The van der Waals surface area contributed by atoms with E-state index >= 15 is 0 Å². The third-order valence-electron chi connectivity index (χ3n) is 0.729. The molecule has 0 aliphatic carbocycles. The molecule has 1 nitrogen and oxygen atoms in total. The minimum Gasteiger partial charge on any atom is -0.382 e. The van der Waals surface area contributed by atoms with E-state index in [0.29, 0.717) is 0 Å². The summed E-state index contributed by atoms with van der Waals surface area (Å²) in [6.45, 7) is 3.16. The van der Waals surface area contributed by atoms with Crippen molar-refractivity contribution in [2.45, 2.75) is 6.92 Å². The van der Waals surface area contributed by atoms with Gasteiger partial charge in [0.1, 0.15) is 0 Å². The predicted molar refractivity (Wildman–Crippen MR) is 21.8 cm³/mol. The highest BCUT2D eigenvalue weighted by Gasteiger charge is 2.03. The average Bonchev–Trinajstić information content (AvgIpc) is 2.12. The van der Waals surface area contributed by atoms with Gasteiger partial charge in [-0.25, -0.2) is 0 Å². The Kier molecular flexibility index (Phi) is 0.411. The minimum atomic E-state index is 1.12. The summed E-state index contributed by atoms with van der Waals surface area (Å²) in [7, 11) is 0. The van der Waals surface area contributed by atoms with Crippen LogP contribution in [0.4, 0.5) is 0 Å². The van der Waals surface area contributed by atoms with Gasteiger partial charge in [0.15, 0.2) is 0 Å². The van der Waals surface area contributed by atoms with Crippen molar-refractivity contribution in [2.24, 2.45) is 0 Å². The molecule has 1 heteroatoms. The van der Waals surface area contributed by atoms with Crippen LogP contribution >= 0.6 is 0 Å². The molecule has 0 aromatic carbocycles. The molecule has 0 spiro atoms. The summed E-state index contributed by atoms with van der Waals surface area (Å²) < 4.78 is 0. The molecule has 28 valence electrons. The number of nitrogens with one attached hydrogen (secondary N) is 1. The Morgan fingerprint density at radius 2 is 2.60 bits per heavy atom. The summed E-state index contributed by atoms with van der Waals surface area (Å²) >= 11 is 0. The van der Waals surface area contributed by atoms with Gasteiger partial charge in [-0.1, -0.05) is 6.08 Å². The van der Waals surface area contributed by atoms with E-state index in [1.165, 1.54) is 5.70 Å². The fourth-order valence-corrected chi connectivity index (χ4v) is 0.255. The van der Waals surface area contributed by atoms with Crippen molar-refractivity contribution >= 4 is 0 Å². The van der Waals surface area contributed by atoms with E-state index in [0.717, 1.165) is 6.54 Å². The van der Waals surface area contributed by atoms with Crippen LogP contribution in [-0.2, 0) is 0 Å². The van der Waals surface area contributed by atoms with Gasteiger partial charge in [-0.05, 0) is 6.92 Å². The average molecular weight is 69.1 g/mol. The van der Waals surface area contributed by atoms with Crippen molar-refractivity contribution in [1.29, 1.82) is 0 Å². The molecule has 1 aliphatic heterocycles. The third kappa shape index (κ3) is 0.407. The van der Waals surface area contributed by atoms with E-state index < -0.39 is 0 Å². The van der Waals surface area contributed by atoms with Gasteiger partial charge in [-0.3, -0.25) is 0 Å². The summed E-state index contributed by atoms with van der Waals surface area (Å²) in [6, 6.07) is 0. The molecular weight excluding hydrogens is 62.1 g/mol. The molecule has 1 heterocycles. The van der Waals surface area contributed by atoms with Gasteiger partial charge in [0.2, 0.25) is 0 Å². The number of allylic oxidation sites excluding steroid dienone is 1. The Balaban J connectivity index is 2.46. The lowest BCUT2D eigenvalue weighted by atomic mass is 10.6. The van der Waals surface area contributed by atoms with Gasteiger partial charge >= 0.3 is 0 Å². The smallest absolute Gasteiger partial charge is 0.0542 e. The maximum absolute atomic E-state index is 3.05. The van der Waals surface area contributed by atoms with Crippen LogP contribution in [0, 0.1) is 0 Å². The van der Waals surface area contributed by atoms with Crippen molar-refractivity contribution in [3.63, 3.8) is 0 Å². The molecule has 0 radical (unpaired) electrons. The molecule has 1 rings (SSSR count). The maximum Gasteiger partial charge on any atom is 0.0542 e. The Bertz CT molecular complexity index is 58.0. The van der Waals surface area contributed by atoms with Gasteiger partial charge in [-0.15, -0.1) is 0 Å². The van der Waals surface area contributed by atoms with Gasteiger partial charge in [0.25, 0.3) is 0 Å². The van der Waals surface area contributed by atoms with Crippen molar-refractivity contribution in [1.82, 2.24) is 5.32 Å². The highest BCUT2D eigenvalue weighted by molar-refractivity contribution is 5.13. The number of hydrogen-bond donors (Lipinski definition) is 1. The van der Waals surface area contributed by atoms with Crippen LogP contribution in [0.15, 0.2) is 11.8 Å². The molecule has 0 amide bonds. The molecule has 1 saturated heterocycles. The lowest BCUT2D eigenvalue weighted by Crippen LogP contribution is -1.57. The Morgan fingerprint density at radius 3 is 2.60 bits per heavy atom. The molecule has 1 N–H and O–H groups in total. The molecule has 1 fully saturated rings. The van der Waals surface area contributed by atoms with Crippen molar-refractivity contribution < 1.29 is 0 Å². The van der Waals surface area contributed by atoms with E-state index in [2.05, 4.69) is 11.4 Å². The number of hydrogen-bond acceptors (Lipinski definition) is 1. The molecule has 0 unspecified atom stereocenters. The molecule has 1 aliphatic rings. The van der Waals surface area contributed by atoms with Crippen LogP contribution in [0.5, 0.6) is 0 Å². The third-order valence-corrected chi connectivity index (χ3v) is 0.729. The lowest BCUT2D eigenvalue weighted by Gasteiger charge is -1.52. The zero-order valence-corrected chi connectivity index (χ0v) is 3.28.